The molecule has 5 nitrogen and oxygen atoms in total. The average Bonchev–Trinajstić information content (AvgIpc) is 3.04. The summed E-state index contributed by atoms with van der Waals surface area (Å²) in [4.78, 5) is 16.3. The fourth-order valence-electron chi connectivity index (χ4n) is 3.44. The van der Waals surface area contributed by atoms with Crippen LogP contribution in [-0.2, 0) is 11.3 Å². The van der Waals surface area contributed by atoms with Crippen LogP contribution in [0, 0.1) is 0 Å². The average molecular weight is 341 g/mol. The topological polar surface area (TPSA) is 49.6 Å². The second kappa shape index (κ2) is 7.72. The van der Waals surface area contributed by atoms with E-state index in [1.54, 1.807) is 6.92 Å². The van der Waals surface area contributed by atoms with Crippen molar-refractivity contribution in [2.24, 2.45) is 0 Å². The van der Waals surface area contributed by atoms with Gasteiger partial charge in [0.25, 0.3) is 0 Å². The van der Waals surface area contributed by atoms with Gasteiger partial charge in [-0.15, -0.1) is 0 Å². The minimum atomic E-state index is 0.0693. The van der Waals surface area contributed by atoms with Crippen LogP contribution in [0.15, 0.2) is 34.9 Å². The number of benzene rings is 1. The summed E-state index contributed by atoms with van der Waals surface area (Å²) in [5.74, 6) is 0.894. The summed E-state index contributed by atoms with van der Waals surface area (Å²) in [5.41, 5.74) is 2.88. The fraction of sp³-hybridized carbons (Fsp3) is 0.500. The molecule has 1 fully saturated rings. The lowest BCUT2D eigenvalue weighted by Crippen LogP contribution is -2.36. The highest BCUT2D eigenvalue weighted by Crippen LogP contribution is 2.34. The van der Waals surface area contributed by atoms with Crippen LogP contribution >= 0.6 is 0 Å². The molecule has 5 heteroatoms. The van der Waals surface area contributed by atoms with Gasteiger partial charge in [-0.2, -0.15) is 0 Å². The number of nitrogens with zero attached hydrogens (tertiary/aromatic N) is 3. The lowest BCUT2D eigenvalue weighted by Gasteiger charge is -2.29. The van der Waals surface area contributed by atoms with Crippen LogP contribution in [0.1, 0.15) is 45.6 Å². The third-order valence-electron chi connectivity index (χ3n) is 4.81. The highest BCUT2D eigenvalue weighted by molar-refractivity contribution is 5.75. The van der Waals surface area contributed by atoms with Gasteiger partial charge in [0.2, 0.25) is 11.8 Å². The Morgan fingerprint density at radius 3 is 2.48 bits per heavy atom. The van der Waals surface area contributed by atoms with E-state index in [-0.39, 0.29) is 11.9 Å². The fourth-order valence-corrected chi connectivity index (χ4v) is 3.44. The Morgan fingerprint density at radius 2 is 1.88 bits per heavy atom. The minimum absolute atomic E-state index is 0.0693. The van der Waals surface area contributed by atoms with E-state index in [9.17, 15) is 4.79 Å². The summed E-state index contributed by atoms with van der Waals surface area (Å²) < 4.78 is 5.79. The lowest BCUT2D eigenvalue weighted by molar-refractivity contribution is -0.131. The molecule has 0 saturated carbocycles. The Balaban J connectivity index is 2.01. The van der Waals surface area contributed by atoms with Crippen molar-refractivity contribution in [1.29, 1.82) is 0 Å². The first-order valence-corrected chi connectivity index (χ1v) is 9.14. The molecule has 1 aromatic carbocycles. The van der Waals surface area contributed by atoms with Gasteiger partial charge in [0, 0.05) is 31.6 Å². The second-order valence-electron chi connectivity index (χ2n) is 6.97. The molecule has 1 aliphatic heterocycles. The van der Waals surface area contributed by atoms with Crippen LogP contribution in [0.5, 0.6) is 0 Å². The SMILES string of the molecule is CC(=O)N(Cc1c(-c2ccccc2)noc1N1CCCCC1)C(C)C. The number of rotatable bonds is 5. The molecule has 0 aliphatic carbocycles. The van der Waals surface area contributed by atoms with Crippen LogP contribution in [0.2, 0.25) is 0 Å². The Bertz CT molecular complexity index is 703. The Hall–Kier alpha value is -2.30. The van der Waals surface area contributed by atoms with E-state index in [1.165, 1.54) is 19.3 Å². The van der Waals surface area contributed by atoms with Crippen LogP contribution in [0.3, 0.4) is 0 Å². The van der Waals surface area contributed by atoms with Crippen LogP contribution < -0.4 is 4.90 Å². The second-order valence-corrected chi connectivity index (χ2v) is 6.97. The van der Waals surface area contributed by atoms with Gasteiger partial charge in [-0.05, 0) is 33.1 Å². The number of hydrogen-bond acceptors (Lipinski definition) is 4. The molecule has 1 aromatic heterocycles. The van der Waals surface area contributed by atoms with Gasteiger partial charge < -0.3 is 14.3 Å². The quantitative estimate of drug-likeness (QED) is 0.822. The first-order valence-electron chi connectivity index (χ1n) is 9.14. The molecule has 1 aliphatic rings. The van der Waals surface area contributed by atoms with E-state index in [1.807, 2.05) is 49.1 Å². The Kier molecular flexibility index (Phi) is 5.41. The lowest BCUT2D eigenvalue weighted by atomic mass is 10.0. The van der Waals surface area contributed by atoms with Gasteiger partial charge in [0.15, 0.2) is 0 Å². The van der Waals surface area contributed by atoms with Gasteiger partial charge in [-0.3, -0.25) is 4.79 Å². The Morgan fingerprint density at radius 1 is 1.20 bits per heavy atom. The Labute approximate surface area is 149 Å². The van der Waals surface area contributed by atoms with Gasteiger partial charge in [0.05, 0.1) is 12.1 Å². The first kappa shape index (κ1) is 17.5. The molecule has 2 aromatic rings. The summed E-state index contributed by atoms with van der Waals surface area (Å²) in [5, 5.41) is 4.38. The molecule has 0 N–H and O–H groups in total. The zero-order chi connectivity index (χ0) is 17.8. The van der Waals surface area contributed by atoms with Gasteiger partial charge in [-0.25, -0.2) is 0 Å². The maximum absolute atomic E-state index is 12.1. The summed E-state index contributed by atoms with van der Waals surface area (Å²) >= 11 is 0. The first-order chi connectivity index (χ1) is 12.1. The van der Waals surface area contributed by atoms with Crippen molar-refractivity contribution in [2.45, 2.75) is 52.6 Å². The van der Waals surface area contributed by atoms with E-state index >= 15 is 0 Å². The van der Waals surface area contributed by atoms with Crippen molar-refractivity contribution in [3.05, 3.63) is 35.9 Å². The highest BCUT2D eigenvalue weighted by Gasteiger charge is 2.26. The third-order valence-corrected chi connectivity index (χ3v) is 4.81. The number of piperidine rings is 1. The largest absolute Gasteiger partial charge is 0.340 e. The van der Waals surface area contributed by atoms with Crippen LogP contribution in [0.4, 0.5) is 5.88 Å². The molecule has 0 atom stereocenters. The van der Waals surface area contributed by atoms with E-state index in [0.29, 0.717) is 6.54 Å². The van der Waals surface area contributed by atoms with Crippen molar-refractivity contribution in [2.75, 3.05) is 18.0 Å². The van der Waals surface area contributed by atoms with Gasteiger partial charge >= 0.3 is 0 Å². The van der Waals surface area contributed by atoms with E-state index in [4.69, 9.17) is 4.52 Å². The van der Waals surface area contributed by atoms with E-state index < -0.39 is 0 Å². The third kappa shape index (κ3) is 3.86. The predicted octanol–water partition coefficient (Wildman–Crippen LogP) is 4.09. The molecule has 0 unspecified atom stereocenters. The maximum Gasteiger partial charge on any atom is 0.232 e. The normalized spacial score (nSPS) is 14.8. The summed E-state index contributed by atoms with van der Waals surface area (Å²) in [6.07, 6.45) is 3.60. The van der Waals surface area contributed by atoms with Crippen molar-refractivity contribution >= 4 is 11.8 Å². The summed E-state index contributed by atoms with van der Waals surface area (Å²) in [6.45, 7) is 8.19. The molecule has 2 heterocycles. The van der Waals surface area contributed by atoms with Gasteiger partial charge in [0.1, 0.15) is 5.69 Å². The summed E-state index contributed by atoms with van der Waals surface area (Å²) in [7, 11) is 0. The molecule has 25 heavy (non-hydrogen) atoms. The number of anilines is 1. The molecule has 0 bridgehead atoms. The molecule has 1 saturated heterocycles. The number of amides is 1. The molecular formula is C20H27N3O2. The molecule has 0 radical (unpaired) electrons. The number of carbonyl (C=O) groups is 1. The smallest absolute Gasteiger partial charge is 0.232 e. The van der Waals surface area contributed by atoms with Crippen molar-refractivity contribution < 1.29 is 9.32 Å². The molecular weight excluding hydrogens is 314 g/mol. The zero-order valence-electron chi connectivity index (χ0n) is 15.4. The molecule has 3 rings (SSSR count). The van der Waals surface area contributed by atoms with E-state index in [2.05, 4.69) is 10.1 Å². The number of aromatic nitrogens is 1. The van der Waals surface area contributed by atoms with Gasteiger partial charge in [-0.1, -0.05) is 35.5 Å². The number of hydrogen-bond donors (Lipinski definition) is 0. The monoisotopic (exact) mass is 341 g/mol. The minimum Gasteiger partial charge on any atom is -0.340 e. The zero-order valence-corrected chi connectivity index (χ0v) is 15.4. The maximum atomic E-state index is 12.1. The van der Waals surface area contributed by atoms with Crippen molar-refractivity contribution in [3.63, 3.8) is 0 Å². The van der Waals surface area contributed by atoms with Crippen LogP contribution in [-0.4, -0.2) is 35.1 Å². The highest BCUT2D eigenvalue weighted by atomic mass is 16.5. The molecule has 0 spiro atoms. The van der Waals surface area contributed by atoms with Crippen LogP contribution in [0.25, 0.3) is 11.3 Å². The van der Waals surface area contributed by atoms with Crippen molar-refractivity contribution in [1.82, 2.24) is 10.1 Å². The number of carbonyl (C=O) groups excluding carboxylic acids is 1. The molecule has 134 valence electrons. The van der Waals surface area contributed by atoms with E-state index in [0.717, 1.165) is 35.8 Å². The molecule has 1 amide bonds. The standard InChI is InChI=1S/C20H27N3O2/c1-15(2)23(16(3)24)14-18-19(17-10-6-4-7-11-17)21-25-20(18)22-12-8-5-9-13-22/h4,6-7,10-11,15H,5,8-9,12-14H2,1-3H3. The van der Waals surface area contributed by atoms with Crippen molar-refractivity contribution in [3.8, 4) is 11.3 Å². The summed E-state index contributed by atoms with van der Waals surface area (Å²) in [6, 6.07) is 10.2. The predicted molar refractivity (Wildman–Crippen MR) is 99.4 cm³/mol.